The van der Waals surface area contributed by atoms with Crippen molar-refractivity contribution in [2.24, 2.45) is 11.8 Å². The molecule has 0 radical (unpaired) electrons. The van der Waals surface area contributed by atoms with Gasteiger partial charge in [0.2, 0.25) is 11.8 Å². The lowest BCUT2D eigenvalue weighted by Gasteiger charge is -2.32. The van der Waals surface area contributed by atoms with Gasteiger partial charge in [0, 0.05) is 18.7 Å². The van der Waals surface area contributed by atoms with Gasteiger partial charge in [0.1, 0.15) is 11.6 Å². The van der Waals surface area contributed by atoms with Gasteiger partial charge in [-0.15, -0.1) is 0 Å². The summed E-state index contributed by atoms with van der Waals surface area (Å²) in [6.07, 6.45) is 1.14. The van der Waals surface area contributed by atoms with E-state index in [1.165, 1.54) is 4.72 Å². The van der Waals surface area contributed by atoms with E-state index in [0.717, 1.165) is 0 Å². The Bertz CT molecular complexity index is 813. The van der Waals surface area contributed by atoms with Crippen LogP contribution < -0.4 is 15.4 Å². The summed E-state index contributed by atoms with van der Waals surface area (Å²) >= 11 is 0. The summed E-state index contributed by atoms with van der Waals surface area (Å²) in [4.78, 5) is 38.8. The Labute approximate surface area is 171 Å². The minimum absolute atomic E-state index is 0.125. The summed E-state index contributed by atoms with van der Waals surface area (Å²) in [7, 11) is -4.72. The van der Waals surface area contributed by atoms with E-state index < -0.39 is 33.7 Å². The lowest BCUT2D eigenvalue weighted by atomic mass is 10.1. The molecule has 29 heavy (non-hydrogen) atoms. The number of amides is 3. The first-order valence-electron chi connectivity index (χ1n) is 9.67. The third kappa shape index (κ3) is 5.27. The van der Waals surface area contributed by atoms with Gasteiger partial charge >= 0.3 is 10.3 Å². The molecular weight excluding hydrogens is 400 g/mol. The Kier molecular flexibility index (Phi) is 6.63. The zero-order chi connectivity index (χ0) is 22.1. The largest absolute Gasteiger partial charge is 0.361 e. The van der Waals surface area contributed by atoms with Crippen molar-refractivity contribution in [3.05, 3.63) is 12.3 Å². The fraction of sp³-hybridized carbons (Fsp3) is 0.722. The number of hydrogen-bond donors (Lipinski definition) is 4. The number of carbonyl (C=O) groups is 3. The molecule has 1 saturated carbocycles. The molecule has 2 rings (SSSR count). The number of likely N-dealkylation sites (tertiary alicyclic amines) is 1. The zero-order valence-electron chi connectivity index (χ0n) is 17.2. The molecule has 11 heteroatoms. The number of nitrogens with one attached hydrogen (secondary N) is 3. The Morgan fingerprint density at radius 2 is 1.90 bits per heavy atom. The third-order valence-electron chi connectivity index (χ3n) is 5.66. The van der Waals surface area contributed by atoms with Crippen LogP contribution in [0.4, 0.5) is 0 Å². The van der Waals surface area contributed by atoms with E-state index in [9.17, 15) is 22.8 Å². The minimum atomic E-state index is -4.72. The van der Waals surface area contributed by atoms with Crippen LogP contribution in [0.2, 0.25) is 0 Å². The van der Waals surface area contributed by atoms with Crippen LogP contribution in [0.15, 0.2) is 12.3 Å². The molecule has 0 bridgehead atoms. The van der Waals surface area contributed by atoms with E-state index in [0.29, 0.717) is 25.1 Å². The predicted octanol–water partition coefficient (Wildman–Crippen LogP) is -0.0610. The van der Waals surface area contributed by atoms with Gasteiger partial charge < -0.3 is 15.5 Å². The van der Waals surface area contributed by atoms with Crippen molar-refractivity contribution < 1.29 is 27.4 Å². The Balaban J connectivity index is 2.12. The van der Waals surface area contributed by atoms with E-state index in [4.69, 9.17) is 4.55 Å². The summed E-state index contributed by atoms with van der Waals surface area (Å²) in [6, 6.07) is -0.957. The SMILES string of the molecule is C=C(C(C)NC(=O)CC)N1CC(C)CC1C(=O)NC1(C(=O)NS(=O)(=O)O)CC1C. The molecule has 0 aromatic carbocycles. The van der Waals surface area contributed by atoms with Crippen LogP contribution >= 0.6 is 0 Å². The van der Waals surface area contributed by atoms with Crippen LogP contribution in [0.3, 0.4) is 0 Å². The maximum absolute atomic E-state index is 13.0. The molecule has 5 atom stereocenters. The molecule has 4 N–H and O–H groups in total. The molecule has 10 nitrogen and oxygen atoms in total. The van der Waals surface area contributed by atoms with E-state index >= 15 is 0 Å². The average Bonchev–Trinajstić information content (AvgIpc) is 3.08. The molecule has 1 aliphatic heterocycles. The summed E-state index contributed by atoms with van der Waals surface area (Å²) in [5.74, 6) is -1.58. The van der Waals surface area contributed by atoms with Gasteiger partial charge in [-0.05, 0) is 31.6 Å². The quantitative estimate of drug-likeness (QED) is 0.395. The van der Waals surface area contributed by atoms with Crippen LogP contribution in [-0.4, -0.2) is 59.8 Å². The molecule has 2 fully saturated rings. The van der Waals surface area contributed by atoms with Gasteiger partial charge in [-0.3, -0.25) is 18.9 Å². The van der Waals surface area contributed by atoms with Crippen LogP contribution in [0, 0.1) is 11.8 Å². The first-order valence-corrected chi connectivity index (χ1v) is 11.1. The fourth-order valence-electron chi connectivity index (χ4n) is 3.77. The Hall–Kier alpha value is -2.14. The lowest BCUT2D eigenvalue weighted by molar-refractivity contribution is -0.131. The summed E-state index contributed by atoms with van der Waals surface area (Å²) < 4.78 is 32.4. The molecule has 1 heterocycles. The smallest absolute Gasteiger partial charge is 0.359 e. The molecule has 0 spiro atoms. The van der Waals surface area contributed by atoms with E-state index in [2.05, 4.69) is 17.2 Å². The molecular formula is C18H30N4O6S. The average molecular weight is 431 g/mol. The maximum Gasteiger partial charge on any atom is 0.359 e. The second kappa shape index (κ2) is 8.31. The first-order chi connectivity index (χ1) is 13.3. The standard InChI is InChI=1S/C18H30N4O6S/c1-6-15(23)19-12(4)13(5)22-9-10(2)7-14(22)16(24)20-18(8-11(18)3)17(25)21-29(26,27)28/h10-12,14H,5-9H2,1-4H3,(H,19,23)(H,20,24)(H,21,25)(H,26,27,28). The van der Waals surface area contributed by atoms with Gasteiger partial charge in [0.25, 0.3) is 5.91 Å². The van der Waals surface area contributed by atoms with Gasteiger partial charge in [0.05, 0.1) is 6.04 Å². The summed E-state index contributed by atoms with van der Waals surface area (Å²) in [5.41, 5.74) is -0.773. The highest BCUT2D eigenvalue weighted by atomic mass is 32.2. The van der Waals surface area contributed by atoms with Crippen LogP contribution in [0.25, 0.3) is 0 Å². The van der Waals surface area contributed by atoms with Gasteiger partial charge in [-0.2, -0.15) is 8.42 Å². The Morgan fingerprint density at radius 1 is 1.31 bits per heavy atom. The monoisotopic (exact) mass is 430 g/mol. The summed E-state index contributed by atoms with van der Waals surface area (Å²) in [6.45, 7) is 11.8. The molecule has 1 aliphatic carbocycles. The molecule has 164 valence electrons. The van der Waals surface area contributed by atoms with Crippen molar-refractivity contribution in [2.45, 2.75) is 64.6 Å². The first kappa shape index (κ1) is 23.1. The molecule has 3 amide bonds. The van der Waals surface area contributed by atoms with Crippen LogP contribution in [0.1, 0.15) is 47.0 Å². The van der Waals surface area contributed by atoms with E-state index in [-0.39, 0.29) is 30.2 Å². The Morgan fingerprint density at radius 3 is 2.38 bits per heavy atom. The highest BCUT2D eigenvalue weighted by Crippen LogP contribution is 2.44. The molecule has 5 unspecified atom stereocenters. The number of carbonyl (C=O) groups excluding carboxylic acids is 3. The number of nitrogens with zero attached hydrogens (tertiary/aromatic N) is 1. The van der Waals surface area contributed by atoms with Crippen molar-refractivity contribution in [1.29, 1.82) is 0 Å². The number of hydrogen-bond acceptors (Lipinski definition) is 6. The number of rotatable bonds is 8. The van der Waals surface area contributed by atoms with Crippen molar-refractivity contribution in [1.82, 2.24) is 20.3 Å². The summed E-state index contributed by atoms with van der Waals surface area (Å²) in [5, 5.41) is 5.50. The van der Waals surface area contributed by atoms with Crippen molar-refractivity contribution >= 4 is 28.0 Å². The van der Waals surface area contributed by atoms with Crippen LogP contribution in [-0.2, 0) is 24.7 Å². The normalized spacial score (nSPS) is 29.7. The minimum Gasteiger partial charge on any atom is -0.361 e. The van der Waals surface area contributed by atoms with Gasteiger partial charge in [0.15, 0.2) is 0 Å². The van der Waals surface area contributed by atoms with Crippen molar-refractivity contribution in [2.75, 3.05) is 6.54 Å². The maximum atomic E-state index is 13.0. The van der Waals surface area contributed by atoms with Crippen LogP contribution in [0.5, 0.6) is 0 Å². The zero-order valence-corrected chi connectivity index (χ0v) is 18.0. The topological polar surface area (TPSA) is 145 Å². The van der Waals surface area contributed by atoms with E-state index in [1.807, 2.05) is 11.8 Å². The second-order valence-electron chi connectivity index (χ2n) is 8.12. The molecule has 0 aromatic heterocycles. The second-order valence-corrected chi connectivity index (χ2v) is 9.27. The van der Waals surface area contributed by atoms with E-state index in [1.54, 1.807) is 20.8 Å². The van der Waals surface area contributed by atoms with Crippen molar-refractivity contribution in [3.63, 3.8) is 0 Å². The van der Waals surface area contributed by atoms with Gasteiger partial charge in [-0.25, -0.2) is 4.72 Å². The fourth-order valence-corrected chi connectivity index (χ4v) is 4.19. The molecule has 0 aromatic rings. The highest BCUT2D eigenvalue weighted by molar-refractivity contribution is 7.84. The van der Waals surface area contributed by atoms with Gasteiger partial charge in [-0.1, -0.05) is 27.4 Å². The molecule has 1 saturated heterocycles. The van der Waals surface area contributed by atoms with Crippen molar-refractivity contribution in [3.8, 4) is 0 Å². The third-order valence-corrected chi connectivity index (χ3v) is 6.11. The predicted molar refractivity (Wildman–Crippen MR) is 106 cm³/mol. The highest BCUT2D eigenvalue weighted by Gasteiger charge is 2.60. The lowest BCUT2D eigenvalue weighted by Crippen LogP contribution is -2.56. The molecule has 2 aliphatic rings.